The molecule has 10 heteroatoms. The van der Waals surface area contributed by atoms with Crippen molar-refractivity contribution in [2.45, 2.75) is 83.2 Å². The van der Waals surface area contributed by atoms with Crippen molar-refractivity contribution in [2.24, 2.45) is 17.8 Å². The SMILES string of the molecule is CC1CCC(NS(=O)(=O)c2ccc(N3CCC(C(=O)NC(C)C(C)C)CC3)c([N+](=O)[O-])c2)CC1. The summed E-state index contributed by atoms with van der Waals surface area (Å²) in [5.74, 6) is 0.839. The number of piperidine rings is 1. The number of nitro benzene ring substituents is 1. The van der Waals surface area contributed by atoms with Gasteiger partial charge in [0.25, 0.3) is 5.69 Å². The first-order valence-corrected chi connectivity index (χ1v) is 13.8. The largest absolute Gasteiger partial charge is 0.366 e. The molecule has 1 aliphatic heterocycles. The van der Waals surface area contributed by atoms with Gasteiger partial charge in [-0.2, -0.15) is 0 Å². The van der Waals surface area contributed by atoms with Crippen LogP contribution in [0.1, 0.15) is 66.2 Å². The van der Waals surface area contributed by atoms with Gasteiger partial charge in [-0.25, -0.2) is 13.1 Å². The number of anilines is 1. The van der Waals surface area contributed by atoms with Crippen molar-refractivity contribution in [3.63, 3.8) is 0 Å². The topological polar surface area (TPSA) is 122 Å². The maximum atomic E-state index is 12.9. The Morgan fingerprint density at radius 3 is 2.26 bits per heavy atom. The van der Waals surface area contributed by atoms with Gasteiger partial charge in [-0.15, -0.1) is 0 Å². The predicted octanol–water partition coefficient (Wildman–Crippen LogP) is 3.83. The van der Waals surface area contributed by atoms with Crippen LogP contribution in [0.3, 0.4) is 0 Å². The number of hydrogen-bond donors (Lipinski definition) is 2. The summed E-state index contributed by atoms with van der Waals surface area (Å²) in [5.41, 5.74) is 0.168. The minimum atomic E-state index is -3.85. The molecular weight excluding hydrogens is 456 g/mol. The molecule has 2 N–H and O–H groups in total. The van der Waals surface area contributed by atoms with Gasteiger partial charge in [0.15, 0.2) is 0 Å². The van der Waals surface area contributed by atoms with Crippen molar-refractivity contribution in [2.75, 3.05) is 18.0 Å². The van der Waals surface area contributed by atoms with E-state index in [2.05, 4.69) is 30.8 Å². The van der Waals surface area contributed by atoms with E-state index in [1.165, 1.54) is 12.1 Å². The van der Waals surface area contributed by atoms with E-state index < -0.39 is 14.9 Å². The quantitative estimate of drug-likeness (QED) is 0.418. The van der Waals surface area contributed by atoms with Crippen LogP contribution < -0.4 is 14.9 Å². The Kier molecular flexibility index (Phi) is 8.57. The molecule has 0 aromatic heterocycles. The normalized spacial score (nSPS) is 23.0. The molecule has 0 radical (unpaired) electrons. The van der Waals surface area contributed by atoms with Gasteiger partial charge in [-0.3, -0.25) is 14.9 Å². The Morgan fingerprint density at radius 2 is 1.71 bits per heavy atom. The molecule has 2 aliphatic rings. The number of carbonyl (C=O) groups is 1. The number of nitro groups is 1. The number of hydrogen-bond acceptors (Lipinski definition) is 6. The summed E-state index contributed by atoms with van der Waals surface area (Å²) in [5, 5.41) is 14.9. The number of rotatable bonds is 8. The van der Waals surface area contributed by atoms with Crippen LogP contribution in [-0.2, 0) is 14.8 Å². The van der Waals surface area contributed by atoms with Crippen LogP contribution in [0.25, 0.3) is 0 Å². The van der Waals surface area contributed by atoms with E-state index in [-0.39, 0.29) is 34.5 Å². The summed E-state index contributed by atoms with van der Waals surface area (Å²) in [6, 6.07) is 4.08. The van der Waals surface area contributed by atoms with Crippen LogP contribution in [0.5, 0.6) is 0 Å². The van der Waals surface area contributed by atoms with Crippen molar-refractivity contribution >= 4 is 27.3 Å². The smallest absolute Gasteiger partial charge is 0.293 e. The molecule has 3 rings (SSSR count). The van der Waals surface area contributed by atoms with Crippen molar-refractivity contribution in [1.82, 2.24) is 10.0 Å². The van der Waals surface area contributed by atoms with Gasteiger partial charge in [-0.05, 0) is 69.4 Å². The van der Waals surface area contributed by atoms with Crippen LogP contribution in [0.4, 0.5) is 11.4 Å². The average Bonchev–Trinajstić information content (AvgIpc) is 2.80. The summed E-state index contributed by atoms with van der Waals surface area (Å²) in [4.78, 5) is 25.6. The molecule has 1 amide bonds. The lowest BCUT2D eigenvalue weighted by atomic mass is 9.88. The molecule has 1 atom stereocenters. The fourth-order valence-corrected chi connectivity index (χ4v) is 5.97. The maximum Gasteiger partial charge on any atom is 0.293 e. The molecule has 34 heavy (non-hydrogen) atoms. The first-order chi connectivity index (χ1) is 16.0. The fourth-order valence-electron chi connectivity index (χ4n) is 4.64. The molecule has 1 saturated carbocycles. The molecule has 190 valence electrons. The molecule has 0 bridgehead atoms. The lowest BCUT2D eigenvalue weighted by molar-refractivity contribution is -0.384. The Hall–Kier alpha value is -2.20. The molecule has 9 nitrogen and oxygen atoms in total. The highest BCUT2D eigenvalue weighted by atomic mass is 32.2. The zero-order chi connectivity index (χ0) is 25.0. The second-order valence-electron chi connectivity index (χ2n) is 10.3. The maximum absolute atomic E-state index is 12.9. The van der Waals surface area contributed by atoms with Gasteiger partial charge in [0, 0.05) is 37.2 Å². The molecule has 1 aromatic carbocycles. The molecule has 1 aromatic rings. The third-order valence-electron chi connectivity index (χ3n) is 7.37. The van der Waals surface area contributed by atoms with Gasteiger partial charge >= 0.3 is 0 Å². The average molecular weight is 495 g/mol. The molecule has 1 unspecified atom stereocenters. The van der Waals surface area contributed by atoms with Crippen molar-refractivity contribution in [1.29, 1.82) is 0 Å². The van der Waals surface area contributed by atoms with Crippen LogP contribution in [0, 0.1) is 27.9 Å². The number of amides is 1. The summed E-state index contributed by atoms with van der Waals surface area (Å²) in [7, 11) is -3.85. The third kappa shape index (κ3) is 6.47. The zero-order valence-corrected chi connectivity index (χ0v) is 21.4. The van der Waals surface area contributed by atoms with Gasteiger partial charge in [0.1, 0.15) is 5.69 Å². The number of carbonyl (C=O) groups excluding carboxylic acids is 1. The van der Waals surface area contributed by atoms with E-state index in [0.717, 1.165) is 31.7 Å². The Bertz CT molecular complexity index is 981. The van der Waals surface area contributed by atoms with E-state index in [4.69, 9.17) is 0 Å². The standard InChI is InChI=1S/C24H38N4O5S/c1-16(2)18(4)25-24(29)19-11-13-27(14-12-19)22-10-9-21(15-23(22)28(30)31)34(32,33)26-20-7-5-17(3)6-8-20/h9-10,15-20,26H,5-8,11-14H2,1-4H3,(H,25,29). The summed E-state index contributed by atoms with van der Waals surface area (Å²) in [6.07, 6.45) is 4.68. The van der Waals surface area contributed by atoms with Gasteiger partial charge in [0.2, 0.25) is 15.9 Å². The monoisotopic (exact) mass is 494 g/mol. The van der Waals surface area contributed by atoms with Crippen molar-refractivity contribution < 1.29 is 18.1 Å². The molecule has 0 spiro atoms. The summed E-state index contributed by atoms with van der Waals surface area (Å²) < 4.78 is 28.5. The van der Waals surface area contributed by atoms with Crippen LogP contribution >= 0.6 is 0 Å². The third-order valence-corrected chi connectivity index (χ3v) is 8.89. The highest BCUT2D eigenvalue weighted by Gasteiger charge is 2.31. The lowest BCUT2D eigenvalue weighted by Crippen LogP contribution is -2.44. The van der Waals surface area contributed by atoms with E-state index in [9.17, 15) is 23.3 Å². The molecule has 1 saturated heterocycles. The Morgan fingerprint density at radius 1 is 1.09 bits per heavy atom. The highest BCUT2D eigenvalue weighted by Crippen LogP contribution is 2.34. The number of sulfonamides is 1. The summed E-state index contributed by atoms with van der Waals surface area (Å²) in [6.45, 7) is 9.26. The van der Waals surface area contributed by atoms with E-state index >= 15 is 0 Å². The molecule has 1 heterocycles. The fraction of sp³-hybridized carbons (Fsp3) is 0.708. The number of nitrogens with one attached hydrogen (secondary N) is 2. The Labute approximate surface area is 202 Å². The van der Waals surface area contributed by atoms with Crippen molar-refractivity contribution in [3.8, 4) is 0 Å². The van der Waals surface area contributed by atoms with E-state index in [1.54, 1.807) is 0 Å². The van der Waals surface area contributed by atoms with E-state index in [1.807, 2.05) is 11.8 Å². The van der Waals surface area contributed by atoms with Crippen molar-refractivity contribution in [3.05, 3.63) is 28.3 Å². The second kappa shape index (κ2) is 11.0. The first-order valence-electron chi connectivity index (χ1n) is 12.3. The van der Waals surface area contributed by atoms with Crippen LogP contribution in [0.2, 0.25) is 0 Å². The minimum absolute atomic E-state index is 0.0278. The highest BCUT2D eigenvalue weighted by molar-refractivity contribution is 7.89. The van der Waals surface area contributed by atoms with Gasteiger partial charge in [-0.1, -0.05) is 20.8 Å². The van der Waals surface area contributed by atoms with E-state index in [0.29, 0.717) is 43.5 Å². The van der Waals surface area contributed by atoms with Gasteiger partial charge < -0.3 is 10.2 Å². The Balaban J connectivity index is 1.69. The first kappa shape index (κ1) is 26.4. The number of nitrogens with zero attached hydrogens (tertiary/aromatic N) is 2. The zero-order valence-electron chi connectivity index (χ0n) is 20.6. The predicted molar refractivity (Wildman–Crippen MR) is 132 cm³/mol. The molecule has 1 aliphatic carbocycles. The van der Waals surface area contributed by atoms with Crippen LogP contribution in [-0.4, -0.2) is 44.4 Å². The van der Waals surface area contributed by atoms with Gasteiger partial charge in [0.05, 0.1) is 9.82 Å². The minimum Gasteiger partial charge on any atom is -0.366 e. The van der Waals surface area contributed by atoms with Crippen LogP contribution in [0.15, 0.2) is 23.1 Å². The second-order valence-corrected chi connectivity index (χ2v) is 12.0. The molecular formula is C24H38N4O5S. The lowest BCUT2D eigenvalue weighted by Gasteiger charge is -2.33. The number of benzene rings is 1. The summed E-state index contributed by atoms with van der Waals surface area (Å²) >= 11 is 0. The molecule has 2 fully saturated rings.